The van der Waals surface area contributed by atoms with Crippen molar-refractivity contribution in [1.29, 1.82) is 0 Å². The van der Waals surface area contributed by atoms with Gasteiger partial charge in [0.15, 0.2) is 0 Å². The van der Waals surface area contributed by atoms with Crippen LogP contribution in [0.15, 0.2) is 24.3 Å². The van der Waals surface area contributed by atoms with Gasteiger partial charge in [0.25, 0.3) is 0 Å². The van der Waals surface area contributed by atoms with Crippen molar-refractivity contribution in [3.63, 3.8) is 0 Å². The van der Waals surface area contributed by atoms with Gasteiger partial charge in [-0.1, -0.05) is 28.1 Å². The van der Waals surface area contributed by atoms with Crippen molar-refractivity contribution in [3.8, 4) is 0 Å². The molecule has 1 fully saturated rings. The molecule has 1 aliphatic heterocycles. The Morgan fingerprint density at radius 1 is 1.25 bits per heavy atom. The van der Waals surface area contributed by atoms with Crippen molar-refractivity contribution in [2.75, 3.05) is 18.4 Å². The Labute approximate surface area is 125 Å². The molecule has 1 aliphatic rings. The van der Waals surface area contributed by atoms with E-state index in [0.717, 1.165) is 36.1 Å². The fourth-order valence-corrected chi connectivity index (χ4v) is 2.77. The first-order valence-electron chi connectivity index (χ1n) is 6.48. The van der Waals surface area contributed by atoms with Crippen molar-refractivity contribution in [1.82, 2.24) is 4.90 Å². The minimum atomic E-state index is -4.27. The van der Waals surface area contributed by atoms with E-state index in [9.17, 15) is 13.2 Å². The van der Waals surface area contributed by atoms with E-state index in [0.29, 0.717) is 6.54 Å². The number of morpholine rings is 1. The fourth-order valence-electron chi connectivity index (χ4n) is 2.41. The van der Waals surface area contributed by atoms with Gasteiger partial charge in [0.1, 0.15) is 0 Å². The van der Waals surface area contributed by atoms with Crippen molar-refractivity contribution in [3.05, 3.63) is 35.4 Å². The SMILES string of the molecule is CC1CN(Cc2ccc(C(F)(F)F)cc2)CC(CBr)O1. The molecule has 0 aromatic heterocycles. The van der Waals surface area contributed by atoms with E-state index in [4.69, 9.17) is 4.74 Å². The maximum absolute atomic E-state index is 12.5. The molecule has 0 aliphatic carbocycles. The Bertz CT molecular complexity index is 435. The molecule has 0 spiro atoms. The lowest BCUT2D eigenvalue weighted by molar-refractivity contribution is -0.137. The number of hydrogen-bond donors (Lipinski definition) is 0. The van der Waals surface area contributed by atoms with Crippen LogP contribution >= 0.6 is 15.9 Å². The number of halogens is 4. The summed E-state index contributed by atoms with van der Waals surface area (Å²) in [6.07, 6.45) is -4.00. The van der Waals surface area contributed by atoms with Crippen LogP contribution in [0.25, 0.3) is 0 Å². The van der Waals surface area contributed by atoms with E-state index < -0.39 is 11.7 Å². The van der Waals surface area contributed by atoms with Crippen LogP contribution in [0.1, 0.15) is 18.1 Å². The van der Waals surface area contributed by atoms with Crippen molar-refractivity contribution in [2.24, 2.45) is 0 Å². The standard InChI is InChI=1S/C14H17BrF3NO/c1-10-7-19(9-13(6-15)20-10)8-11-2-4-12(5-3-11)14(16,17)18/h2-5,10,13H,6-9H2,1H3. The Balaban J connectivity index is 1.99. The molecule has 1 saturated heterocycles. The Kier molecular flexibility index (Phi) is 5.09. The van der Waals surface area contributed by atoms with E-state index in [-0.39, 0.29) is 12.2 Å². The van der Waals surface area contributed by atoms with E-state index in [1.165, 1.54) is 0 Å². The first-order valence-corrected chi connectivity index (χ1v) is 7.60. The van der Waals surface area contributed by atoms with E-state index in [1.54, 1.807) is 12.1 Å². The van der Waals surface area contributed by atoms with Gasteiger partial charge >= 0.3 is 6.18 Å². The molecule has 1 heterocycles. The molecule has 6 heteroatoms. The molecule has 2 rings (SSSR count). The average molecular weight is 352 g/mol. The monoisotopic (exact) mass is 351 g/mol. The summed E-state index contributed by atoms with van der Waals surface area (Å²) in [6, 6.07) is 5.38. The molecule has 0 N–H and O–H groups in total. The second kappa shape index (κ2) is 6.45. The highest BCUT2D eigenvalue weighted by Gasteiger charge is 2.30. The molecule has 1 aromatic rings. The summed E-state index contributed by atoms with van der Waals surface area (Å²) in [5, 5.41) is 0.765. The Hall–Kier alpha value is -0.590. The molecular formula is C14H17BrF3NO. The lowest BCUT2D eigenvalue weighted by atomic mass is 10.1. The molecule has 2 atom stereocenters. The molecule has 0 saturated carbocycles. The summed E-state index contributed by atoms with van der Waals surface area (Å²) < 4.78 is 43.2. The lowest BCUT2D eigenvalue weighted by Gasteiger charge is -2.36. The van der Waals surface area contributed by atoms with Crippen LogP contribution < -0.4 is 0 Å². The van der Waals surface area contributed by atoms with Gasteiger partial charge in [0, 0.05) is 25.0 Å². The number of nitrogens with zero attached hydrogens (tertiary/aromatic N) is 1. The molecule has 0 radical (unpaired) electrons. The molecule has 2 unspecified atom stereocenters. The molecule has 0 bridgehead atoms. The van der Waals surface area contributed by atoms with E-state index in [1.807, 2.05) is 6.92 Å². The molecule has 112 valence electrons. The van der Waals surface area contributed by atoms with Gasteiger partial charge in [-0.15, -0.1) is 0 Å². The molecule has 20 heavy (non-hydrogen) atoms. The number of rotatable bonds is 3. The summed E-state index contributed by atoms with van der Waals surface area (Å²) in [5.74, 6) is 0. The minimum absolute atomic E-state index is 0.133. The van der Waals surface area contributed by atoms with Gasteiger partial charge in [-0.2, -0.15) is 13.2 Å². The lowest BCUT2D eigenvalue weighted by Crippen LogP contribution is -2.46. The molecular weight excluding hydrogens is 335 g/mol. The first kappa shape index (κ1) is 15.8. The van der Waals surface area contributed by atoms with Crippen LogP contribution in [0.5, 0.6) is 0 Å². The summed E-state index contributed by atoms with van der Waals surface area (Å²) >= 11 is 3.41. The van der Waals surface area contributed by atoms with Crippen LogP contribution in [-0.2, 0) is 17.5 Å². The number of alkyl halides is 4. The molecule has 0 amide bonds. The zero-order valence-electron chi connectivity index (χ0n) is 11.2. The quantitative estimate of drug-likeness (QED) is 0.770. The normalized spacial score (nSPS) is 24.9. The highest BCUT2D eigenvalue weighted by atomic mass is 79.9. The van der Waals surface area contributed by atoms with Crippen molar-refractivity contribution >= 4 is 15.9 Å². The Morgan fingerprint density at radius 2 is 1.90 bits per heavy atom. The van der Waals surface area contributed by atoms with Gasteiger partial charge in [0.2, 0.25) is 0 Å². The largest absolute Gasteiger partial charge is 0.416 e. The van der Waals surface area contributed by atoms with Crippen LogP contribution in [0.3, 0.4) is 0 Å². The third kappa shape index (κ3) is 4.20. The van der Waals surface area contributed by atoms with Crippen LogP contribution in [0.4, 0.5) is 13.2 Å². The van der Waals surface area contributed by atoms with Crippen LogP contribution in [0.2, 0.25) is 0 Å². The van der Waals surface area contributed by atoms with Gasteiger partial charge in [0.05, 0.1) is 17.8 Å². The predicted octanol–water partition coefficient (Wildman–Crippen LogP) is 3.69. The second-order valence-electron chi connectivity index (χ2n) is 5.11. The topological polar surface area (TPSA) is 12.5 Å². The summed E-state index contributed by atoms with van der Waals surface area (Å²) in [7, 11) is 0. The first-order chi connectivity index (χ1) is 9.38. The Morgan fingerprint density at radius 3 is 2.45 bits per heavy atom. The van der Waals surface area contributed by atoms with Crippen LogP contribution in [-0.4, -0.2) is 35.5 Å². The highest BCUT2D eigenvalue weighted by molar-refractivity contribution is 9.09. The fraction of sp³-hybridized carbons (Fsp3) is 0.571. The zero-order chi connectivity index (χ0) is 14.8. The summed E-state index contributed by atoms with van der Waals surface area (Å²) in [4.78, 5) is 2.21. The number of hydrogen-bond acceptors (Lipinski definition) is 2. The molecule has 1 aromatic carbocycles. The zero-order valence-corrected chi connectivity index (χ0v) is 12.7. The molecule has 2 nitrogen and oxygen atoms in total. The van der Waals surface area contributed by atoms with Gasteiger partial charge in [-0.05, 0) is 24.6 Å². The third-order valence-corrected chi connectivity index (χ3v) is 3.98. The minimum Gasteiger partial charge on any atom is -0.372 e. The number of ether oxygens (including phenoxy) is 1. The maximum atomic E-state index is 12.5. The van der Waals surface area contributed by atoms with Crippen molar-refractivity contribution in [2.45, 2.75) is 31.9 Å². The van der Waals surface area contributed by atoms with E-state index >= 15 is 0 Å². The van der Waals surface area contributed by atoms with E-state index in [2.05, 4.69) is 20.8 Å². The van der Waals surface area contributed by atoms with Crippen molar-refractivity contribution < 1.29 is 17.9 Å². The van der Waals surface area contributed by atoms with Crippen LogP contribution in [0, 0.1) is 0 Å². The second-order valence-corrected chi connectivity index (χ2v) is 5.76. The predicted molar refractivity (Wildman–Crippen MR) is 74.9 cm³/mol. The van der Waals surface area contributed by atoms with Gasteiger partial charge < -0.3 is 4.74 Å². The smallest absolute Gasteiger partial charge is 0.372 e. The maximum Gasteiger partial charge on any atom is 0.416 e. The highest BCUT2D eigenvalue weighted by Crippen LogP contribution is 2.29. The summed E-state index contributed by atoms with van der Waals surface area (Å²) in [6.45, 7) is 4.24. The van der Waals surface area contributed by atoms with Gasteiger partial charge in [-0.25, -0.2) is 0 Å². The summed E-state index contributed by atoms with van der Waals surface area (Å²) in [5.41, 5.74) is 0.287. The third-order valence-electron chi connectivity index (χ3n) is 3.26. The van der Waals surface area contributed by atoms with Gasteiger partial charge in [-0.3, -0.25) is 4.90 Å². The average Bonchev–Trinajstić information content (AvgIpc) is 2.37. The number of benzene rings is 1.